The Balaban J connectivity index is 2.34. The highest BCUT2D eigenvalue weighted by molar-refractivity contribution is 7.88. The van der Waals surface area contributed by atoms with Gasteiger partial charge in [-0.2, -0.15) is 4.72 Å². The van der Waals surface area contributed by atoms with Gasteiger partial charge in [-0.05, 0) is 16.5 Å². The average Bonchev–Trinajstić information content (AvgIpc) is 2.38. The molecule has 1 aromatic rings. The van der Waals surface area contributed by atoms with Gasteiger partial charge in [-0.15, -0.1) is 0 Å². The van der Waals surface area contributed by atoms with Crippen LogP contribution in [0.5, 0.6) is 0 Å². The average molecular weight is 285 g/mol. The summed E-state index contributed by atoms with van der Waals surface area (Å²) >= 11 is 4.09. The van der Waals surface area contributed by atoms with Gasteiger partial charge in [0, 0.05) is 16.7 Å². The lowest BCUT2D eigenvalue weighted by molar-refractivity contribution is -0.136. The molecule has 0 aliphatic carbocycles. The van der Waals surface area contributed by atoms with Gasteiger partial charge in [0.25, 0.3) is 0 Å². The van der Waals surface area contributed by atoms with Gasteiger partial charge in [0.2, 0.25) is 11.5 Å². The summed E-state index contributed by atoms with van der Waals surface area (Å²) in [5, 5.41) is 0.589. The van der Waals surface area contributed by atoms with Crippen molar-refractivity contribution >= 4 is 34.8 Å². The van der Waals surface area contributed by atoms with Crippen LogP contribution in [-0.4, -0.2) is 23.3 Å². The van der Waals surface area contributed by atoms with E-state index < -0.39 is 17.5 Å². The molecule has 1 aliphatic heterocycles. The Hall–Kier alpha value is -1.50. The molecule has 0 amide bonds. The second-order valence-corrected chi connectivity index (χ2v) is 4.71. The van der Waals surface area contributed by atoms with Crippen LogP contribution >= 0.6 is 11.6 Å². The molecule has 0 spiro atoms. The largest absolute Gasteiger partial charge is 0.567 e. The fourth-order valence-electron chi connectivity index (χ4n) is 1.37. The number of methoxy groups -OCH3 is 1. The van der Waals surface area contributed by atoms with Crippen LogP contribution in [0.25, 0.3) is 0 Å². The standard InChI is InChI=1S/C11H9ClN2O3S/c1-17-11(15)10-6-9(13-18(16)14-10)7-2-4-8(12)5-3-7/h2-6,14H,1H3. The zero-order valence-corrected chi connectivity index (χ0v) is 10.9. The zero-order chi connectivity index (χ0) is 13.1. The minimum Gasteiger partial charge on any atom is -0.567 e. The van der Waals surface area contributed by atoms with Crippen molar-refractivity contribution in [1.82, 2.24) is 4.72 Å². The Kier molecular flexibility index (Phi) is 3.90. The molecule has 5 nitrogen and oxygen atoms in total. The van der Waals surface area contributed by atoms with Crippen molar-refractivity contribution in [2.24, 2.45) is 4.40 Å². The number of rotatable bonds is 2. The van der Waals surface area contributed by atoms with Crippen molar-refractivity contribution in [2.45, 2.75) is 0 Å². The quantitative estimate of drug-likeness (QED) is 0.657. The molecule has 7 heteroatoms. The maximum Gasteiger partial charge on any atom is 0.358 e. The summed E-state index contributed by atoms with van der Waals surface area (Å²) in [6.45, 7) is 0. The van der Waals surface area contributed by atoms with Gasteiger partial charge < -0.3 is 9.29 Å². The first-order chi connectivity index (χ1) is 8.60. The van der Waals surface area contributed by atoms with Crippen LogP contribution in [0.2, 0.25) is 5.02 Å². The van der Waals surface area contributed by atoms with E-state index in [1.807, 2.05) is 0 Å². The molecular formula is C11H9ClN2O3S. The number of ether oxygens (including phenoxy) is 1. The molecule has 0 fully saturated rings. The number of carbonyl (C=O) groups excluding carboxylic acids is 1. The molecule has 94 valence electrons. The lowest BCUT2D eigenvalue weighted by Crippen LogP contribution is -2.31. The Morgan fingerprint density at radius 2 is 2.11 bits per heavy atom. The van der Waals surface area contributed by atoms with Crippen LogP contribution < -0.4 is 4.72 Å². The SMILES string of the molecule is COC(=O)C1=CC(c2ccc(Cl)cc2)=N[S+]([O-])N1. The third-order valence-corrected chi connectivity index (χ3v) is 3.21. The van der Waals surface area contributed by atoms with Crippen molar-refractivity contribution in [3.8, 4) is 0 Å². The number of esters is 1. The molecule has 1 N–H and O–H groups in total. The third-order valence-electron chi connectivity index (χ3n) is 2.20. The van der Waals surface area contributed by atoms with Crippen LogP contribution in [0.3, 0.4) is 0 Å². The first kappa shape index (κ1) is 12.9. The van der Waals surface area contributed by atoms with Crippen LogP contribution in [-0.2, 0) is 21.1 Å². The molecule has 0 radical (unpaired) electrons. The van der Waals surface area contributed by atoms with Gasteiger partial charge in [0.15, 0.2) is 5.70 Å². The normalized spacial score (nSPS) is 18.5. The lowest BCUT2D eigenvalue weighted by atomic mass is 10.1. The number of carbonyl (C=O) groups is 1. The summed E-state index contributed by atoms with van der Waals surface area (Å²) in [6, 6.07) is 6.84. The number of hydrogen-bond donors (Lipinski definition) is 1. The van der Waals surface area contributed by atoms with Crippen molar-refractivity contribution in [2.75, 3.05) is 7.11 Å². The van der Waals surface area contributed by atoms with Crippen LogP contribution in [0.4, 0.5) is 0 Å². The zero-order valence-electron chi connectivity index (χ0n) is 9.34. The van der Waals surface area contributed by atoms with E-state index in [-0.39, 0.29) is 5.70 Å². The predicted octanol–water partition coefficient (Wildman–Crippen LogP) is 1.37. The monoisotopic (exact) mass is 284 g/mol. The van der Waals surface area contributed by atoms with E-state index >= 15 is 0 Å². The van der Waals surface area contributed by atoms with E-state index in [0.29, 0.717) is 10.7 Å². The van der Waals surface area contributed by atoms with Crippen molar-refractivity contribution in [1.29, 1.82) is 0 Å². The fourth-order valence-corrected chi connectivity index (χ4v) is 2.20. The van der Waals surface area contributed by atoms with Gasteiger partial charge in [0.1, 0.15) is 5.71 Å². The molecule has 0 saturated heterocycles. The van der Waals surface area contributed by atoms with Gasteiger partial charge in [0.05, 0.1) is 7.11 Å². The van der Waals surface area contributed by atoms with E-state index in [4.69, 9.17) is 11.6 Å². The smallest absolute Gasteiger partial charge is 0.358 e. The number of hydrogen-bond acceptors (Lipinski definition) is 5. The number of allylic oxidation sites excluding steroid dienone is 1. The first-order valence-electron chi connectivity index (χ1n) is 4.93. The second kappa shape index (κ2) is 5.43. The molecule has 1 aliphatic rings. The maximum atomic E-state index is 11.5. The van der Waals surface area contributed by atoms with Crippen molar-refractivity contribution in [3.05, 3.63) is 46.6 Å². The molecule has 18 heavy (non-hydrogen) atoms. The van der Waals surface area contributed by atoms with Gasteiger partial charge in [-0.1, -0.05) is 23.7 Å². The summed E-state index contributed by atoms with van der Waals surface area (Å²) in [6.07, 6.45) is 1.48. The number of nitrogens with zero attached hydrogens (tertiary/aromatic N) is 1. The van der Waals surface area contributed by atoms with Crippen LogP contribution in [0.15, 0.2) is 40.4 Å². The van der Waals surface area contributed by atoms with Gasteiger partial charge in [-0.25, -0.2) is 4.79 Å². The lowest BCUT2D eigenvalue weighted by Gasteiger charge is -2.14. The molecule has 0 saturated carbocycles. The van der Waals surface area contributed by atoms with E-state index in [2.05, 4.69) is 13.9 Å². The molecule has 1 heterocycles. The maximum absolute atomic E-state index is 11.5. The number of benzene rings is 1. The summed E-state index contributed by atoms with van der Waals surface area (Å²) in [7, 11) is 1.25. The van der Waals surface area contributed by atoms with Crippen LogP contribution in [0.1, 0.15) is 5.56 Å². The molecule has 1 atom stereocenters. The molecule has 0 aromatic heterocycles. The highest BCUT2D eigenvalue weighted by Crippen LogP contribution is 2.15. The highest BCUT2D eigenvalue weighted by Gasteiger charge is 2.23. The minimum atomic E-state index is -1.69. The predicted molar refractivity (Wildman–Crippen MR) is 69.4 cm³/mol. The molecule has 2 rings (SSSR count). The molecule has 1 aromatic carbocycles. The molecular weight excluding hydrogens is 276 g/mol. The molecule has 1 unspecified atom stereocenters. The fraction of sp³-hybridized carbons (Fsp3) is 0.0909. The Labute approximate surface area is 112 Å². The summed E-state index contributed by atoms with van der Waals surface area (Å²) in [5.74, 6) is -0.593. The number of halogens is 1. The Morgan fingerprint density at radius 3 is 2.72 bits per heavy atom. The minimum absolute atomic E-state index is 0.107. The third kappa shape index (κ3) is 2.84. The van der Waals surface area contributed by atoms with Gasteiger partial charge in [-0.3, -0.25) is 0 Å². The Bertz CT molecular complexity index is 528. The summed E-state index contributed by atoms with van der Waals surface area (Å²) < 4.78 is 22.4. The summed E-state index contributed by atoms with van der Waals surface area (Å²) in [4.78, 5) is 11.4. The highest BCUT2D eigenvalue weighted by atomic mass is 35.5. The number of nitrogens with one attached hydrogen (secondary N) is 1. The van der Waals surface area contributed by atoms with E-state index in [1.165, 1.54) is 13.2 Å². The topological polar surface area (TPSA) is 73.8 Å². The van der Waals surface area contributed by atoms with E-state index in [9.17, 15) is 9.35 Å². The first-order valence-corrected chi connectivity index (χ1v) is 6.42. The summed E-state index contributed by atoms with van der Waals surface area (Å²) in [5.41, 5.74) is 1.26. The van der Waals surface area contributed by atoms with Gasteiger partial charge >= 0.3 is 5.97 Å². The molecule has 0 bridgehead atoms. The van der Waals surface area contributed by atoms with Crippen molar-refractivity contribution < 1.29 is 14.1 Å². The van der Waals surface area contributed by atoms with E-state index in [0.717, 1.165) is 5.56 Å². The second-order valence-electron chi connectivity index (χ2n) is 3.38. The van der Waals surface area contributed by atoms with Crippen molar-refractivity contribution in [3.63, 3.8) is 0 Å². The van der Waals surface area contributed by atoms with Crippen LogP contribution in [0, 0.1) is 0 Å². The Morgan fingerprint density at radius 1 is 1.44 bits per heavy atom. The van der Waals surface area contributed by atoms with E-state index in [1.54, 1.807) is 24.3 Å².